The molecule has 4 nitrogen and oxygen atoms in total. The van der Waals surface area contributed by atoms with Crippen molar-refractivity contribution in [2.45, 2.75) is 64.2 Å². The zero-order valence-electron chi connectivity index (χ0n) is 9.90. The van der Waals surface area contributed by atoms with Gasteiger partial charge in [-0.1, -0.05) is 38.5 Å². The highest BCUT2D eigenvalue weighted by molar-refractivity contribution is 5.66. The Bertz CT molecular complexity index is 193. The van der Waals surface area contributed by atoms with Crippen LogP contribution in [0.15, 0.2) is 5.16 Å². The third kappa shape index (κ3) is 12.9. The van der Waals surface area contributed by atoms with E-state index in [-0.39, 0.29) is 0 Å². The van der Waals surface area contributed by atoms with Crippen LogP contribution in [0.1, 0.15) is 64.2 Å². The van der Waals surface area contributed by atoms with Gasteiger partial charge in [0.2, 0.25) is 0 Å². The average Bonchev–Trinajstić information content (AvgIpc) is 2.25. The van der Waals surface area contributed by atoms with Crippen LogP contribution in [-0.4, -0.2) is 22.5 Å². The van der Waals surface area contributed by atoms with E-state index in [4.69, 9.17) is 10.3 Å². The van der Waals surface area contributed by atoms with Gasteiger partial charge in [0.1, 0.15) is 0 Å². The molecule has 0 bridgehead atoms. The van der Waals surface area contributed by atoms with Gasteiger partial charge in [-0.2, -0.15) is 0 Å². The van der Waals surface area contributed by atoms with Gasteiger partial charge < -0.3 is 10.3 Å². The molecule has 0 saturated carbocycles. The van der Waals surface area contributed by atoms with Crippen molar-refractivity contribution in [3.63, 3.8) is 0 Å². The molecule has 0 amide bonds. The van der Waals surface area contributed by atoms with Gasteiger partial charge in [0, 0.05) is 12.6 Å². The van der Waals surface area contributed by atoms with Crippen LogP contribution in [0.2, 0.25) is 0 Å². The van der Waals surface area contributed by atoms with Gasteiger partial charge in [-0.3, -0.25) is 4.79 Å². The van der Waals surface area contributed by atoms with Crippen LogP contribution in [0.25, 0.3) is 0 Å². The highest BCUT2D eigenvalue weighted by Gasteiger charge is 1.96. The van der Waals surface area contributed by atoms with Crippen LogP contribution in [0.4, 0.5) is 0 Å². The van der Waals surface area contributed by atoms with Crippen LogP contribution in [-0.2, 0) is 4.79 Å². The molecular formula is C12H23NO3. The minimum absolute atomic E-state index is 0.306. The van der Waals surface area contributed by atoms with Crippen LogP contribution in [0, 0.1) is 0 Å². The van der Waals surface area contributed by atoms with E-state index in [1.807, 2.05) is 0 Å². The summed E-state index contributed by atoms with van der Waals surface area (Å²) in [5.74, 6) is -0.689. The number of hydrogen-bond donors (Lipinski definition) is 2. The summed E-state index contributed by atoms with van der Waals surface area (Å²) >= 11 is 0. The minimum atomic E-state index is -0.689. The lowest BCUT2D eigenvalue weighted by atomic mass is 10.1. The van der Waals surface area contributed by atoms with E-state index in [9.17, 15) is 4.79 Å². The normalized spacial score (nSPS) is 11.0. The lowest BCUT2D eigenvalue weighted by molar-refractivity contribution is -0.137. The molecule has 0 unspecified atom stereocenters. The van der Waals surface area contributed by atoms with E-state index in [1.54, 1.807) is 0 Å². The Morgan fingerprint density at radius 3 is 1.94 bits per heavy atom. The van der Waals surface area contributed by atoms with E-state index in [2.05, 4.69) is 5.16 Å². The number of oxime groups is 1. The van der Waals surface area contributed by atoms with Crippen LogP contribution >= 0.6 is 0 Å². The largest absolute Gasteiger partial charge is 0.481 e. The van der Waals surface area contributed by atoms with Gasteiger partial charge in [-0.05, 0) is 19.3 Å². The summed E-state index contributed by atoms with van der Waals surface area (Å²) < 4.78 is 0. The minimum Gasteiger partial charge on any atom is -0.481 e. The zero-order chi connectivity index (χ0) is 12.1. The number of aliphatic carboxylic acids is 1. The number of rotatable bonds is 11. The molecule has 0 aromatic rings. The number of nitrogens with zero attached hydrogens (tertiary/aromatic N) is 1. The first kappa shape index (κ1) is 14.9. The maximum atomic E-state index is 10.2. The monoisotopic (exact) mass is 229 g/mol. The number of hydrogen-bond acceptors (Lipinski definition) is 3. The summed E-state index contributed by atoms with van der Waals surface area (Å²) in [5, 5.41) is 19.5. The summed E-state index contributed by atoms with van der Waals surface area (Å²) in [6.45, 7) is 0. The third-order valence-corrected chi connectivity index (χ3v) is 2.56. The third-order valence-electron chi connectivity index (χ3n) is 2.56. The van der Waals surface area contributed by atoms with Gasteiger partial charge in [0.25, 0.3) is 0 Å². The van der Waals surface area contributed by atoms with Crippen molar-refractivity contribution < 1.29 is 15.1 Å². The summed E-state index contributed by atoms with van der Waals surface area (Å²) in [5.41, 5.74) is 0. The molecule has 0 aromatic heterocycles. The topological polar surface area (TPSA) is 69.9 Å². The van der Waals surface area contributed by atoms with Crippen LogP contribution in [0.3, 0.4) is 0 Å². The molecule has 0 rings (SSSR count). The highest BCUT2D eigenvalue weighted by atomic mass is 16.4. The van der Waals surface area contributed by atoms with Gasteiger partial charge in [0.15, 0.2) is 0 Å². The van der Waals surface area contributed by atoms with Crippen LogP contribution < -0.4 is 0 Å². The van der Waals surface area contributed by atoms with E-state index in [1.165, 1.54) is 31.9 Å². The second-order valence-corrected chi connectivity index (χ2v) is 4.06. The Hall–Kier alpha value is -1.06. The lowest BCUT2D eigenvalue weighted by Gasteiger charge is -2.00. The first-order chi connectivity index (χ1) is 7.77. The molecule has 16 heavy (non-hydrogen) atoms. The predicted octanol–water partition coefficient (Wildman–Crippen LogP) is 3.43. The number of carbonyl (C=O) groups is 1. The maximum Gasteiger partial charge on any atom is 0.303 e. The predicted molar refractivity (Wildman–Crippen MR) is 64.1 cm³/mol. The molecule has 4 heteroatoms. The van der Waals surface area contributed by atoms with Crippen molar-refractivity contribution in [1.29, 1.82) is 0 Å². The summed E-state index contributed by atoms with van der Waals surface area (Å²) in [6.07, 6.45) is 11.6. The Morgan fingerprint density at radius 1 is 0.938 bits per heavy atom. The summed E-state index contributed by atoms with van der Waals surface area (Å²) in [7, 11) is 0. The van der Waals surface area contributed by atoms with Gasteiger partial charge in [0.05, 0.1) is 0 Å². The Morgan fingerprint density at radius 2 is 1.44 bits per heavy atom. The van der Waals surface area contributed by atoms with Gasteiger partial charge in [-0.15, -0.1) is 5.16 Å². The quantitative estimate of drug-likeness (QED) is 0.247. The van der Waals surface area contributed by atoms with Gasteiger partial charge in [-0.25, -0.2) is 0 Å². The zero-order valence-corrected chi connectivity index (χ0v) is 9.90. The number of unbranched alkanes of at least 4 members (excludes halogenated alkanes) is 8. The molecule has 0 atom stereocenters. The Kier molecular flexibility index (Phi) is 11.2. The fourth-order valence-electron chi connectivity index (χ4n) is 1.63. The molecule has 0 saturated heterocycles. The Balaban J connectivity index is 2.96. The first-order valence-electron chi connectivity index (χ1n) is 6.15. The van der Waals surface area contributed by atoms with Crippen molar-refractivity contribution in [1.82, 2.24) is 0 Å². The van der Waals surface area contributed by atoms with E-state index in [0.717, 1.165) is 32.1 Å². The molecular weight excluding hydrogens is 206 g/mol. The van der Waals surface area contributed by atoms with Crippen molar-refractivity contribution >= 4 is 12.2 Å². The molecule has 0 aromatic carbocycles. The first-order valence-corrected chi connectivity index (χ1v) is 6.15. The summed E-state index contributed by atoms with van der Waals surface area (Å²) in [6, 6.07) is 0. The van der Waals surface area contributed by atoms with Crippen LogP contribution in [0.5, 0.6) is 0 Å². The molecule has 0 aliphatic carbocycles. The van der Waals surface area contributed by atoms with Gasteiger partial charge >= 0.3 is 5.97 Å². The smallest absolute Gasteiger partial charge is 0.303 e. The van der Waals surface area contributed by atoms with E-state index >= 15 is 0 Å². The number of carboxylic acids is 1. The fraction of sp³-hybridized carbons (Fsp3) is 0.833. The number of carboxylic acid groups (broad SMARTS) is 1. The molecule has 0 heterocycles. The Labute approximate surface area is 97.4 Å². The molecule has 0 aliphatic rings. The van der Waals surface area contributed by atoms with Crippen molar-refractivity contribution in [3.05, 3.63) is 0 Å². The molecule has 94 valence electrons. The molecule has 2 N–H and O–H groups in total. The lowest BCUT2D eigenvalue weighted by Crippen LogP contribution is -1.93. The second-order valence-electron chi connectivity index (χ2n) is 4.06. The highest BCUT2D eigenvalue weighted by Crippen LogP contribution is 2.10. The molecule has 0 fully saturated rings. The van der Waals surface area contributed by atoms with Crippen molar-refractivity contribution in [2.24, 2.45) is 5.16 Å². The summed E-state index contributed by atoms with van der Waals surface area (Å²) in [4.78, 5) is 10.2. The average molecular weight is 229 g/mol. The van der Waals surface area contributed by atoms with E-state index < -0.39 is 5.97 Å². The maximum absolute atomic E-state index is 10.2. The van der Waals surface area contributed by atoms with Crippen molar-refractivity contribution in [2.75, 3.05) is 0 Å². The molecule has 0 aliphatic heterocycles. The molecule has 0 radical (unpaired) electrons. The standard InChI is InChI=1S/C12H23NO3/c14-12(15)10-8-6-4-2-1-3-5-7-9-11-13-16/h11,16H,1-10H2,(H,14,15)/b13-11+. The van der Waals surface area contributed by atoms with Crippen molar-refractivity contribution in [3.8, 4) is 0 Å². The fourth-order valence-corrected chi connectivity index (χ4v) is 1.63. The SMILES string of the molecule is O=C(O)CCCCCCCCCC/C=N/O. The van der Waals surface area contributed by atoms with E-state index in [0.29, 0.717) is 6.42 Å². The molecule has 0 spiro atoms. The second kappa shape index (κ2) is 12.0.